The lowest BCUT2D eigenvalue weighted by molar-refractivity contribution is 0.357. The smallest absolute Gasteiger partial charge is 0.191 e. The maximum absolute atomic E-state index is 4.28. The topological polar surface area (TPSA) is 39.7 Å². The molecule has 22 heavy (non-hydrogen) atoms. The standard InChI is InChI=1S/C17H30N4.HI/c1-6-21(5)13-12-19-16(18-4)20-14-17(2,3)15-10-8-7-9-11-15;/h7-11H,6,12-14H2,1-5H3,(H2,18,19,20);1H. The predicted molar refractivity (Wildman–Crippen MR) is 107 cm³/mol. The number of hydrogen-bond donors (Lipinski definition) is 2. The highest BCUT2D eigenvalue weighted by atomic mass is 127. The third kappa shape index (κ3) is 7.45. The van der Waals surface area contributed by atoms with Gasteiger partial charge in [0.2, 0.25) is 0 Å². The van der Waals surface area contributed by atoms with Gasteiger partial charge in [-0.05, 0) is 19.2 Å². The molecule has 0 spiro atoms. The molecule has 0 aromatic heterocycles. The van der Waals surface area contributed by atoms with Crippen LogP contribution < -0.4 is 10.6 Å². The number of nitrogens with one attached hydrogen (secondary N) is 2. The number of hydrogen-bond acceptors (Lipinski definition) is 2. The van der Waals surface area contributed by atoms with Crippen LogP contribution >= 0.6 is 24.0 Å². The van der Waals surface area contributed by atoms with Gasteiger partial charge in [0.15, 0.2) is 5.96 Å². The molecule has 4 nitrogen and oxygen atoms in total. The van der Waals surface area contributed by atoms with Crippen molar-refractivity contribution >= 4 is 29.9 Å². The van der Waals surface area contributed by atoms with Crippen LogP contribution in [0.1, 0.15) is 26.3 Å². The molecule has 1 aromatic rings. The minimum Gasteiger partial charge on any atom is -0.356 e. The van der Waals surface area contributed by atoms with Crippen molar-refractivity contribution in [1.82, 2.24) is 15.5 Å². The Hall–Kier alpha value is -0.820. The molecule has 126 valence electrons. The zero-order valence-electron chi connectivity index (χ0n) is 14.5. The van der Waals surface area contributed by atoms with Gasteiger partial charge in [0.05, 0.1) is 0 Å². The first-order valence-electron chi connectivity index (χ1n) is 7.68. The van der Waals surface area contributed by atoms with Crippen LogP contribution in [0.25, 0.3) is 0 Å². The molecule has 0 saturated carbocycles. The van der Waals surface area contributed by atoms with E-state index >= 15 is 0 Å². The molecule has 5 heteroatoms. The average Bonchev–Trinajstić information content (AvgIpc) is 2.51. The van der Waals surface area contributed by atoms with Gasteiger partial charge in [0.25, 0.3) is 0 Å². The number of likely N-dealkylation sites (N-methyl/N-ethyl adjacent to an activating group) is 1. The van der Waals surface area contributed by atoms with Gasteiger partial charge in [-0.15, -0.1) is 24.0 Å². The molecular weight excluding hydrogens is 387 g/mol. The number of guanidine groups is 1. The fourth-order valence-corrected chi connectivity index (χ4v) is 2.04. The molecular formula is C17H31IN4. The second-order valence-electron chi connectivity index (χ2n) is 6.00. The summed E-state index contributed by atoms with van der Waals surface area (Å²) in [6.07, 6.45) is 0. The Morgan fingerprint density at radius 3 is 2.36 bits per heavy atom. The second kappa shape index (κ2) is 10.8. The molecule has 0 aliphatic rings. The van der Waals surface area contributed by atoms with E-state index in [1.54, 1.807) is 0 Å². The van der Waals surface area contributed by atoms with Crippen LogP contribution in [-0.4, -0.2) is 51.1 Å². The van der Waals surface area contributed by atoms with Crippen LogP contribution in [0.15, 0.2) is 35.3 Å². The minimum atomic E-state index is 0. The van der Waals surface area contributed by atoms with E-state index in [2.05, 4.69) is 78.7 Å². The van der Waals surface area contributed by atoms with Gasteiger partial charge in [-0.3, -0.25) is 4.99 Å². The first kappa shape index (κ1) is 21.2. The normalized spacial score (nSPS) is 12.0. The van der Waals surface area contributed by atoms with E-state index < -0.39 is 0 Å². The molecule has 0 saturated heterocycles. The first-order chi connectivity index (χ1) is 9.99. The highest BCUT2D eigenvalue weighted by Crippen LogP contribution is 2.21. The van der Waals surface area contributed by atoms with Crippen LogP contribution in [0.2, 0.25) is 0 Å². The summed E-state index contributed by atoms with van der Waals surface area (Å²) in [6, 6.07) is 10.6. The van der Waals surface area contributed by atoms with Crippen molar-refractivity contribution in [3.8, 4) is 0 Å². The summed E-state index contributed by atoms with van der Waals surface area (Å²) >= 11 is 0. The van der Waals surface area contributed by atoms with Crippen LogP contribution in [0, 0.1) is 0 Å². The van der Waals surface area contributed by atoms with Gasteiger partial charge < -0.3 is 15.5 Å². The van der Waals surface area contributed by atoms with Crippen LogP contribution in [0.5, 0.6) is 0 Å². The Morgan fingerprint density at radius 2 is 1.82 bits per heavy atom. The van der Waals surface area contributed by atoms with E-state index in [9.17, 15) is 0 Å². The van der Waals surface area contributed by atoms with Gasteiger partial charge in [0.1, 0.15) is 0 Å². The molecule has 0 aliphatic carbocycles. The lowest BCUT2D eigenvalue weighted by Crippen LogP contribution is -2.45. The maximum atomic E-state index is 4.28. The number of benzene rings is 1. The predicted octanol–water partition coefficient (Wildman–Crippen LogP) is 2.70. The van der Waals surface area contributed by atoms with E-state index in [-0.39, 0.29) is 29.4 Å². The average molecular weight is 418 g/mol. The summed E-state index contributed by atoms with van der Waals surface area (Å²) in [5.74, 6) is 0.864. The van der Waals surface area contributed by atoms with E-state index in [4.69, 9.17) is 0 Å². The molecule has 2 N–H and O–H groups in total. The summed E-state index contributed by atoms with van der Waals surface area (Å²) < 4.78 is 0. The van der Waals surface area contributed by atoms with E-state index in [0.717, 1.165) is 32.1 Å². The Bertz CT molecular complexity index is 432. The highest BCUT2D eigenvalue weighted by Gasteiger charge is 2.20. The molecule has 0 heterocycles. The Morgan fingerprint density at radius 1 is 1.18 bits per heavy atom. The van der Waals surface area contributed by atoms with Crippen molar-refractivity contribution in [2.75, 3.05) is 40.3 Å². The SMILES string of the molecule is CCN(C)CCNC(=NC)NCC(C)(C)c1ccccc1.I. The van der Waals surface area contributed by atoms with Gasteiger partial charge in [-0.25, -0.2) is 0 Å². The molecule has 0 fully saturated rings. The molecule has 0 atom stereocenters. The number of aliphatic imine (C=N–C) groups is 1. The molecule has 0 unspecified atom stereocenters. The summed E-state index contributed by atoms with van der Waals surface area (Å²) in [7, 11) is 3.94. The van der Waals surface area contributed by atoms with Crippen molar-refractivity contribution in [1.29, 1.82) is 0 Å². The van der Waals surface area contributed by atoms with Gasteiger partial charge in [-0.1, -0.05) is 51.1 Å². The molecule has 0 amide bonds. The molecule has 1 rings (SSSR count). The number of rotatable bonds is 7. The van der Waals surface area contributed by atoms with E-state index in [0.29, 0.717) is 0 Å². The summed E-state index contributed by atoms with van der Waals surface area (Å²) in [6.45, 7) is 10.5. The minimum absolute atomic E-state index is 0. The van der Waals surface area contributed by atoms with Gasteiger partial charge in [0, 0.05) is 32.1 Å². The van der Waals surface area contributed by atoms with Crippen LogP contribution in [0.3, 0.4) is 0 Å². The second-order valence-corrected chi connectivity index (χ2v) is 6.00. The summed E-state index contributed by atoms with van der Waals surface area (Å²) in [5.41, 5.74) is 1.40. The zero-order valence-corrected chi connectivity index (χ0v) is 16.8. The fourth-order valence-electron chi connectivity index (χ4n) is 2.04. The molecule has 0 aliphatic heterocycles. The summed E-state index contributed by atoms with van der Waals surface area (Å²) in [5, 5.41) is 6.78. The molecule has 1 aromatic carbocycles. The van der Waals surface area contributed by atoms with Gasteiger partial charge in [-0.2, -0.15) is 0 Å². The Balaban J connectivity index is 0.00000441. The molecule has 0 bridgehead atoms. The maximum Gasteiger partial charge on any atom is 0.191 e. The zero-order chi connectivity index (χ0) is 15.7. The van der Waals surface area contributed by atoms with Crippen molar-refractivity contribution in [2.24, 2.45) is 4.99 Å². The van der Waals surface area contributed by atoms with Crippen molar-refractivity contribution in [3.05, 3.63) is 35.9 Å². The number of halogens is 1. The van der Waals surface area contributed by atoms with Gasteiger partial charge >= 0.3 is 0 Å². The lowest BCUT2D eigenvalue weighted by atomic mass is 9.85. The Kier molecular flexibility index (Phi) is 10.4. The Labute approximate surface area is 152 Å². The van der Waals surface area contributed by atoms with Crippen molar-refractivity contribution in [2.45, 2.75) is 26.2 Å². The fraction of sp³-hybridized carbons (Fsp3) is 0.588. The summed E-state index contributed by atoms with van der Waals surface area (Å²) in [4.78, 5) is 6.56. The lowest BCUT2D eigenvalue weighted by Gasteiger charge is -2.27. The van der Waals surface area contributed by atoms with Crippen LogP contribution in [-0.2, 0) is 5.41 Å². The van der Waals surface area contributed by atoms with Crippen LogP contribution in [0.4, 0.5) is 0 Å². The highest BCUT2D eigenvalue weighted by molar-refractivity contribution is 14.0. The molecule has 0 radical (unpaired) electrons. The third-order valence-electron chi connectivity index (χ3n) is 3.80. The van der Waals surface area contributed by atoms with Crippen molar-refractivity contribution < 1.29 is 0 Å². The quantitative estimate of drug-likeness (QED) is 0.407. The third-order valence-corrected chi connectivity index (χ3v) is 3.80. The monoisotopic (exact) mass is 418 g/mol. The van der Waals surface area contributed by atoms with Crippen molar-refractivity contribution in [3.63, 3.8) is 0 Å². The first-order valence-corrected chi connectivity index (χ1v) is 7.68. The largest absolute Gasteiger partial charge is 0.356 e. The van der Waals surface area contributed by atoms with E-state index in [1.165, 1.54) is 5.56 Å². The van der Waals surface area contributed by atoms with E-state index in [1.807, 2.05) is 7.05 Å². The number of nitrogens with zero attached hydrogens (tertiary/aromatic N) is 2.